The smallest absolute Gasteiger partial charge is 0.188 e. The second-order valence-corrected chi connectivity index (χ2v) is 2.43. The van der Waals surface area contributed by atoms with Crippen molar-refractivity contribution >= 4 is 11.9 Å². The summed E-state index contributed by atoms with van der Waals surface area (Å²) < 4.78 is 9.72. The third-order valence-corrected chi connectivity index (χ3v) is 1.57. The lowest BCUT2D eigenvalue weighted by Gasteiger charge is -2.02. The maximum atomic E-state index is 10.5. The van der Waals surface area contributed by atoms with Crippen LogP contribution in [-0.4, -0.2) is 25.8 Å². The largest absolute Gasteiger partial charge is 0.466 e. The Bertz CT molecular complexity index is 467. The molecule has 0 aliphatic carbocycles. The number of methoxy groups -OCH3 is 1. The summed E-state index contributed by atoms with van der Waals surface area (Å²) in [6.45, 7) is 0.0109. The van der Waals surface area contributed by atoms with Gasteiger partial charge in [-0.15, -0.1) is 0 Å². The molecule has 0 unspecified atom stereocenters. The maximum Gasteiger partial charge on any atom is 0.188 e. The zero-order chi connectivity index (χ0) is 10.4. The van der Waals surface area contributed by atoms with Gasteiger partial charge in [-0.25, -0.2) is 9.59 Å². The molecule has 72 valence electrons. The molecule has 4 nitrogen and oxygen atoms in total. The topological polar surface area (TPSA) is 52.6 Å². The fourth-order valence-electron chi connectivity index (χ4n) is 0.964. The number of ether oxygens (including phenoxy) is 2. The molecule has 0 amide bonds. The van der Waals surface area contributed by atoms with Gasteiger partial charge in [-0.05, 0) is 12.1 Å². The molecule has 1 rings (SSSR count). The minimum atomic E-state index is 0.0109. The van der Waals surface area contributed by atoms with Crippen LogP contribution in [0.1, 0.15) is 0 Å². The summed E-state index contributed by atoms with van der Waals surface area (Å²) in [4.78, 5) is 21.0. The van der Waals surface area contributed by atoms with Crippen LogP contribution in [0.4, 0.5) is 0 Å². The molecule has 1 aromatic rings. The van der Waals surface area contributed by atoms with Crippen molar-refractivity contribution in [1.82, 2.24) is 0 Å². The number of hydrogen-bond donors (Lipinski definition) is 0. The average molecular weight is 192 g/mol. The van der Waals surface area contributed by atoms with E-state index in [4.69, 9.17) is 4.74 Å². The number of benzene rings is 1. The van der Waals surface area contributed by atoms with Crippen molar-refractivity contribution in [2.75, 3.05) is 13.9 Å². The monoisotopic (exact) mass is 192 g/mol. The van der Waals surface area contributed by atoms with E-state index >= 15 is 0 Å². The Labute approximate surface area is 80.1 Å². The SMILES string of the molecule is COCOc1cccc(=C=O)c1=C=O. The molecule has 0 radical (unpaired) electrons. The molecule has 0 saturated carbocycles. The quantitative estimate of drug-likeness (QED) is 0.557. The first kappa shape index (κ1) is 10.2. The molecule has 14 heavy (non-hydrogen) atoms. The summed E-state index contributed by atoms with van der Waals surface area (Å²) in [6, 6.07) is 4.61. The van der Waals surface area contributed by atoms with Gasteiger partial charge in [0.05, 0.1) is 5.22 Å². The van der Waals surface area contributed by atoms with Crippen molar-refractivity contribution in [2.24, 2.45) is 0 Å². The first-order valence-electron chi connectivity index (χ1n) is 3.84. The van der Waals surface area contributed by atoms with Gasteiger partial charge in [-0.1, -0.05) is 6.07 Å². The van der Waals surface area contributed by atoms with Gasteiger partial charge >= 0.3 is 0 Å². The highest BCUT2D eigenvalue weighted by atomic mass is 16.7. The van der Waals surface area contributed by atoms with E-state index in [2.05, 4.69) is 4.74 Å². The highest BCUT2D eigenvalue weighted by Crippen LogP contribution is 1.97. The van der Waals surface area contributed by atoms with Crippen LogP contribution in [0, 0.1) is 0 Å². The van der Waals surface area contributed by atoms with E-state index in [1.165, 1.54) is 13.2 Å². The number of carbonyl (C=O) groups excluding carboxylic acids is 2. The van der Waals surface area contributed by atoms with Crippen LogP contribution in [0.3, 0.4) is 0 Å². The van der Waals surface area contributed by atoms with Crippen molar-refractivity contribution in [3.63, 3.8) is 0 Å². The van der Waals surface area contributed by atoms with E-state index in [0.29, 0.717) is 0 Å². The highest BCUT2D eigenvalue weighted by Gasteiger charge is 1.98. The molecule has 0 bridgehead atoms. The van der Waals surface area contributed by atoms with Crippen LogP contribution < -0.4 is 15.2 Å². The van der Waals surface area contributed by atoms with Crippen molar-refractivity contribution < 1.29 is 19.1 Å². The lowest BCUT2D eigenvalue weighted by atomic mass is 10.2. The van der Waals surface area contributed by atoms with E-state index < -0.39 is 0 Å². The van der Waals surface area contributed by atoms with Crippen molar-refractivity contribution in [1.29, 1.82) is 0 Å². The van der Waals surface area contributed by atoms with E-state index in [9.17, 15) is 9.59 Å². The number of hydrogen-bond acceptors (Lipinski definition) is 4. The first-order valence-corrected chi connectivity index (χ1v) is 3.84. The molecule has 0 heterocycles. The van der Waals surface area contributed by atoms with Gasteiger partial charge in [0.1, 0.15) is 22.9 Å². The second-order valence-electron chi connectivity index (χ2n) is 2.43. The third-order valence-electron chi connectivity index (χ3n) is 1.57. The van der Waals surface area contributed by atoms with Crippen molar-refractivity contribution in [3.05, 3.63) is 28.6 Å². The van der Waals surface area contributed by atoms with Gasteiger partial charge in [0, 0.05) is 7.11 Å². The summed E-state index contributed by atoms with van der Waals surface area (Å²) in [5, 5.41) is 0.202. The van der Waals surface area contributed by atoms with E-state index in [0.717, 1.165) is 0 Å². The Kier molecular flexibility index (Phi) is 3.65. The fourth-order valence-corrected chi connectivity index (χ4v) is 0.964. The minimum Gasteiger partial charge on any atom is -0.466 e. The number of rotatable bonds is 3. The van der Waals surface area contributed by atoms with Crippen LogP contribution in [0.2, 0.25) is 0 Å². The second kappa shape index (κ2) is 5.00. The van der Waals surface area contributed by atoms with E-state index in [1.807, 2.05) is 0 Å². The summed E-state index contributed by atoms with van der Waals surface area (Å²) in [6.07, 6.45) is 0. The van der Waals surface area contributed by atoms with Gasteiger partial charge in [-0.2, -0.15) is 0 Å². The van der Waals surface area contributed by atoms with E-state index in [1.54, 1.807) is 24.0 Å². The zero-order valence-corrected chi connectivity index (χ0v) is 7.57. The molecule has 0 spiro atoms. The molecule has 0 aliphatic rings. The molecule has 0 aliphatic heterocycles. The van der Waals surface area contributed by atoms with Gasteiger partial charge in [0.2, 0.25) is 0 Å². The zero-order valence-electron chi connectivity index (χ0n) is 7.57. The average Bonchev–Trinajstić information content (AvgIpc) is 2.25. The van der Waals surface area contributed by atoms with Crippen molar-refractivity contribution in [2.45, 2.75) is 0 Å². The summed E-state index contributed by atoms with van der Waals surface area (Å²) >= 11 is 0. The highest BCUT2D eigenvalue weighted by molar-refractivity contribution is 5.57. The van der Waals surface area contributed by atoms with Gasteiger partial charge in [-0.3, -0.25) is 0 Å². The lowest BCUT2D eigenvalue weighted by molar-refractivity contribution is 0.0504. The molecule has 0 saturated heterocycles. The Morgan fingerprint density at radius 2 is 2.07 bits per heavy atom. The van der Waals surface area contributed by atoms with E-state index in [-0.39, 0.29) is 23.0 Å². The van der Waals surface area contributed by atoms with Crippen LogP contribution in [0.15, 0.2) is 18.2 Å². The first-order chi connectivity index (χ1) is 6.83. The van der Waals surface area contributed by atoms with Crippen LogP contribution in [-0.2, 0) is 14.3 Å². The van der Waals surface area contributed by atoms with Gasteiger partial charge < -0.3 is 9.47 Å². The molecule has 4 heteroatoms. The van der Waals surface area contributed by atoms with Gasteiger partial charge in [0.25, 0.3) is 0 Å². The van der Waals surface area contributed by atoms with Crippen molar-refractivity contribution in [3.8, 4) is 5.75 Å². The summed E-state index contributed by atoms with van der Waals surface area (Å²) in [7, 11) is 1.46. The minimum absolute atomic E-state index is 0.0109. The molecule has 0 aromatic heterocycles. The Morgan fingerprint density at radius 1 is 1.29 bits per heavy atom. The molecular formula is C10H8O4. The predicted octanol–water partition coefficient (Wildman–Crippen LogP) is -1.32. The van der Waals surface area contributed by atoms with Crippen LogP contribution in [0.5, 0.6) is 5.75 Å². The summed E-state index contributed by atoms with van der Waals surface area (Å²) in [5.41, 5.74) is 0. The standard InChI is InChI=1S/C10H8O4/c1-13-7-14-10-4-2-3-8(5-11)9(10)6-12/h2-4H,7H2,1H3. The lowest BCUT2D eigenvalue weighted by Crippen LogP contribution is -2.29. The normalized spacial score (nSPS) is 8.93. The Morgan fingerprint density at radius 3 is 2.64 bits per heavy atom. The Balaban J connectivity index is 3.32. The molecule has 0 N–H and O–H groups in total. The molecule has 1 aromatic carbocycles. The maximum absolute atomic E-state index is 10.5. The fraction of sp³-hybridized carbons (Fsp3) is 0.200. The van der Waals surface area contributed by atoms with Crippen LogP contribution in [0.25, 0.3) is 0 Å². The van der Waals surface area contributed by atoms with Crippen LogP contribution >= 0.6 is 0 Å². The third kappa shape index (κ3) is 2.09. The van der Waals surface area contributed by atoms with Gasteiger partial charge in [0.15, 0.2) is 6.79 Å². The Hall–Kier alpha value is -1.86. The molecular weight excluding hydrogens is 184 g/mol. The molecule has 0 atom stereocenters. The molecule has 0 fully saturated rings. The summed E-state index contributed by atoms with van der Waals surface area (Å²) in [5.74, 6) is 3.53. The predicted molar refractivity (Wildman–Crippen MR) is 47.8 cm³/mol.